The molecule has 136 valence electrons. The van der Waals surface area contributed by atoms with Crippen molar-refractivity contribution in [2.45, 2.75) is 45.2 Å². The number of nitrogens with one attached hydrogen (secondary N) is 1. The molecule has 6 heteroatoms. The minimum Gasteiger partial charge on any atom is -0.348 e. The second-order valence-electron chi connectivity index (χ2n) is 6.53. The smallest absolute Gasteiger partial charge is 0.272 e. The maximum Gasteiger partial charge on any atom is 0.272 e. The standard InChI is InChI=1S/C20H24N4O2/c1-2-17-7-3-4-11-24(17)20(26)18-12-16(8-10-22-18)19(25)23-14-15-6-5-9-21-13-15/h5-6,8-10,12-13,17H,2-4,7,11,14H2,1H3,(H,23,25). The van der Waals surface area contributed by atoms with E-state index in [9.17, 15) is 9.59 Å². The lowest BCUT2D eigenvalue weighted by atomic mass is 9.99. The lowest BCUT2D eigenvalue weighted by Gasteiger charge is -2.35. The molecule has 2 aromatic heterocycles. The molecule has 2 aromatic rings. The van der Waals surface area contributed by atoms with Gasteiger partial charge in [0.1, 0.15) is 5.69 Å². The molecular formula is C20H24N4O2. The summed E-state index contributed by atoms with van der Waals surface area (Å²) in [5.41, 5.74) is 1.70. The lowest BCUT2D eigenvalue weighted by molar-refractivity contribution is 0.0602. The van der Waals surface area contributed by atoms with Crippen molar-refractivity contribution >= 4 is 11.8 Å². The SMILES string of the molecule is CCC1CCCCN1C(=O)c1cc(C(=O)NCc2cccnc2)ccn1. The summed E-state index contributed by atoms with van der Waals surface area (Å²) < 4.78 is 0. The van der Waals surface area contributed by atoms with Gasteiger partial charge >= 0.3 is 0 Å². The molecule has 1 unspecified atom stereocenters. The van der Waals surface area contributed by atoms with Crippen molar-refractivity contribution in [3.63, 3.8) is 0 Å². The van der Waals surface area contributed by atoms with Gasteiger partial charge in [-0.05, 0) is 49.4 Å². The van der Waals surface area contributed by atoms with Crippen LogP contribution in [-0.4, -0.2) is 39.3 Å². The third kappa shape index (κ3) is 4.25. The van der Waals surface area contributed by atoms with E-state index in [1.807, 2.05) is 17.0 Å². The molecule has 0 saturated carbocycles. The molecule has 0 radical (unpaired) electrons. The first-order chi connectivity index (χ1) is 12.7. The highest BCUT2D eigenvalue weighted by molar-refractivity contribution is 5.98. The Morgan fingerprint density at radius 1 is 1.27 bits per heavy atom. The minimum absolute atomic E-state index is 0.0848. The molecule has 2 amide bonds. The normalized spacial score (nSPS) is 17.0. The summed E-state index contributed by atoms with van der Waals surface area (Å²) in [6.07, 6.45) is 9.08. The number of hydrogen-bond donors (Lipinski definition) is 1. The van der Waals surface area contributed by atoms with Crippen molar-refractivity contribution in [2.24, 2.45) is 0 Å². The monoisotopic (exact) mass is 352 g/mol. The second kappa shape index (κ2) is 8.56. The van der Waals surface area contributed by atoms with E-state index >= 15 is 0 Å². The molecule has 1 fully saturated rings. The van der Waals surface area contributed by atoms with Crippen molar-refractivity contribution in [1.29, 1.82) is 0 Å². The molecular weight excluding hydrogens is 328 g/mol. The number of carbonyl (C=O) groups excluding carboxylic acids is 2. The highest BCUT2D eigenvalue weighted by Crippen LogP contribution is 2.21. The van der Waals surface area contributed by atoms with E-state index in [4.69, 9.17) is 0 Å². The summed E-state index contributed by atoms with van der Waals surface area (Å²) in [4.78, 5) is 35.4. The number of aromatic nitrogens is 2. The Balaban J connectivity index is 1.69. The highest BCUT2D eigenvalue weighted by Gasteiger charge is 2.27. The maximum atomic E-state index is 12.8. The van der Waals surface area contributed by atoms with Gasteiger partial charge in [0, 0.05) is 43.3 Å². The molecule has 0 aliphatic carbocycles. The van der Waals surface area contributed by atoms with E-state index in [-0.39, 0.29) is 17.9 Å². The minimum atomic E-state index is -0.226. The Morgan fingerprint density at radius 3 is 2.92 bits per heavy atom. The van der Waals surface area contributed by atoms with Crippen LogP contribution in [0.3, 0.4) is 0 Å². The predicted molar refractivity (Wildman–Crippen MR) is 98.6 cm³/mol. The molecule has 1 aliphatic heterocycles. The molecule has 1 N–H and O–H groups in total. The van der Waals surface area contributed by atoms with Crippen LogP contribution in [0.5, 0.6) is 0 Å². The molecule has 1 saturated heterocycles. The Labute approximate surface area is 153 Å². The van der Waals surface area contributed by atoms with Gasteiger partial charge in [0.25, 0.3) is 11.8 Å². The van der Waals surface area contributed by atoms with E-state index in [1.165, 1.54) is 6.20 Å². The first-order valence-corrected chi connectivity index (χ1v) is 9.13. The number of rotatable bonds is 5. The third-order valence-electron chi connectivity index (χ3n) is 4.78. The number of likely N-dealkylation sites (tertiary alicyclic amines) is 1. The Morgan fingerprint density at radius 2 is 2.15 bits per heavy atom. The van der Waals surface area contributed by atoms with Crippen molar-refractivity contribution in [1.82, 2.24) is 20.2 Å². The molecule has 1 aliphatic rings. The molecule has 3 rings (SSSR count). The fraction of sp³-hybridized carbons (Fsp3) is 0.400. The van der Waals surface area contributed by atoms with Crippen molar-refractivity contribution in [2.75, 3.05) is 6.54 Å². The summed E-state index contributed by atoms with van der Waals surface area (Å²) in [6, 6.07) is 7.20. The summed E-state index contributed by atoms with van der Waals surface area (Å²) in [5, 5.41) is 2.85. The summed E-state index contributed by atoms with van der Waals surface area (Å²) >= 11 is 0. The van der Waals surface area contributed by atoms with Crippen LogP contribution in [0.2, 0.25) is 0 Å². The van der Waals surface area contributed by atoms with Crippen LogP contribution in [0, 0.1) is 0 Å². The molecule has 0 aromatic carbocycles. The maximum absolute atomic E-state index is 12.8. The van der Waals surface area contributed by atoms with E-state index < -0.39 is 0 Å². The van der Waals surface area contributed by atoms with Crippen LogP contribution in [0.25, 0.3) is 0 Å². The van der Waals surface area contributed by atoms with Gasteiger partial charge in [-0.2, -0.15) is 0 Å². The topological polar surface area (TPSA) is 75.2 Å². The number of nitrogens with zero attached hydrogens (tertiary/aromatic N) is 3. The van der Waals surface area contributed by atoms with Gasteiger partial charge in [-0.1, -0.05) is 13.0 Å². The number of piperidine rings is 1. The van der Waals surface area contributed by atoms with E-state index in [1.54, 1.807) is 24.5 Å². The van der Waals surface area contributed by atoms with Gasteiger partial charge in [-0.3, -0.25) is 19.6 Å². The number of amides is 2. The zero-order valence-corrected chi connectivity index (χ0v) is 15.0. The highest BCUT2D eigenvalue weighted by atomic mass is 16.2. The quantitative estimate of drug-likeness (QED) is 0.898. The van der Waals surface area contributed by atoms with Crippen molar-refractivity contribution < 1.29 is 9.59 Å². The number of hydrogen-bond acceptors (Lipinski definition) is 4. The van der Waals surface area contributed by atoms with E-state index in [2.05, 4.69) is 22.2 Å². The summed E-state index contributed by atoms with van der Waals surface area (Å²) in [6.45, 7) is 3.25. The largest absolute Gasteiger partial charge is 0.348 e. The van der Waals surface area contributed by atoms with Crippen LogP contribution in [0.1, 0.15) is 59.0 Å². The molecule has 6 nitrogen and oxygen atoms in total. The van der Waals surface area contributed by atoms with Crippen LogP contribution >= 0.6 is 0 Å². The zero-order chi connectivity index (χ0) is 18.4. The average molecular weight is 352 g/mol. The number of carbonyl (C=O) groups is 2. The number of pyridine rings is 2. The Kier molecular flexibility index (Phi) is 5.94. The summed E-state index contributed by atoms with van der Waals surface area (Å²) in [7, 11) is 0. The molecule has 1 atom stereocenters. The van der Waals surface area contributed by atoms with E-state index in [0.717, 1.165) is 37.8 Å². The fourth-order valence-electron chi connectivity index (χ4n) is 3.32. The first kappa shape index (κ1) is 18.0. The van der Waals surface area contributed by atoms with Gasteiger partial charge in [0.05, 0.1) is 0 Å². The van der Waals surface area contributed by atoms with Gasteiger partial charge in [-0.25, -0.2) is 0 Å². The zero-order valence-electron chi connectivity index (χ0n) is 15.0. The van der Waals surface area contributed by atoms with Crippen LogP contribution in [0.4, 0.5) is 0 Å². The van der Waals surface area contributed by atoms with Gasteiger partial charge in [-0.15, -0.1) is 0 Å². The second-order valence-corrected chi connectivity index (χ2v) is 6.53. The first-order valence-electron chi connectivity index (χ1n) is 9.13. The lowest BCUT2D eigenvalue weighted by Crippen LogP contribution is -2.43. The fourth-order valence-corrected chi connectivity index (χ4v) is 3.32. The summed E-state index contributed by atoms with van der Waals surface area (Å²) in [5.74, 6) is -0.311. The molecule has 3 heterocycles. The van der Waals surface area contributed by atoms with Crippen LogP contribution < -0.4 is 5.32 Å². The predicted octanol–water partition coefficient (Wildman–Crippen LogP) is 2.81. The molecule has 0 spiro atoms. The van der Waals surface area contributed by atoms with Gasteiger partial charge in [0.2, 0.25) is 0 Å². The van der Waals surface area contributed by atoms with Crippen molar-refractivity contribution in [3.8, 4) is 0 Å². The Hall–Kier alpha value is -2.76. The third-order valence-corrected chi connectivity index (χ3v) is 4.78. The van der Waals surface area contributed by atoms with Crippen LogP contribution in [-0.2, 0) is 6.54 Å². The molecule has 0 bridgehead atoms. The van der Waals surface area contributed by atoms with Gasteiger partial charge < -0.3 is 10.2 Å². The molecule has 26 heavy (non-hydrogen) atoms. The average Bonchev–Trinajstić information content (AvgIpc) is 2.72. The van der Waals surface area contributed by atoms with Crippen molar-refractivity contribution in [3.05, 3.63) is 59.7 Å². The van der Waals surface area contributed by atoms with Crippen LogP contribution in [0.15, 0.2) is 42.9 Å². The van der Waals surface area contributed by atoms with E-state index in [0.29, 0.717) is 17.8 Å². The Bertz CT molecular complexity index is 763. The van der Waals surface area contributed by atoms with Gasteiger partial charge in [0.15, 0.2) is 0 Å².